The lowest BCUT2D eigenvalue weighted by Gasteiger charge is -2.35. The summed E-state index contributed by atoms with van der Waals surface area (Å²) in [6.45, 7) is 2.06. The number of benzene rings is 2. The number of amides is 1. The third-order valence-electron chi connectivity index (χ3n) is 4.85. The molecule has 3 aromatic rings. The predicted molar refractivity (Wildman–Crippen MR) is 107 cm³/mol. The molecule has 1 amide bonds. The zero-order valence-electron chi connectivity index (χ0n) is 15.4. The molecule has 8 heteroatoms. The van der Waals surface area contributed by atoms with Gasteiger partial charge in [0.2, 0.25) is 0 Å². The van der Waals surface area contributed by atoms with Crippen molar-refractivity contribution in [2.75, 3.05) is 31.1 Å². The topological polar surface area (TPSA) is 49.3 Å². The summed E-state index contributed by atoms with van der Waals surface area (Å²) < 4.78 is 26.5. The van der Waals surface area contributed by atoms with E-state index in [1.54, 1.807) is 17.0 Å². The Morgan fingerprint density at radius 2 is 1.59 bits per heavy atom. The number of hydrogen-bond donors (Lipinski definition) is 0. The summed E-state index contributed by atoms with van der Waals surface area (Å²) in [7, 11) is 0. The van der Waals surface area contributed by atoms with E-state index in [9.17, 15) is 13.6 Å². The van der Waals surface area contributed by atoms with E-state index in [-0.39, 0.29) is 11.5 Å². The van der Waals surface area contributed by atoms with Crippen LogP contribution in [-0.2, 0) is 0 Å². The number of halogens is 3. The standard InChI is InChI=1S/C21H17ClF2N4O/c22-16-4-1-14(2-5-16)19-7-8-20(26-25-19)27-9-11-28(12-10-27)21(29)15-3-6-17(23)18(24)13-15/h1-8,13H,9-12H2. The molecule has 4 rings (SSSR count). The Hall–Kier alpha value is -3.06. The lowest BCUT2D eigenvalue weighted by Crippen LogP contribution is -2.49. The van der Waals surface area contributed by atoms with Crippen molar-refractivity contribution in [3.8, 4) is 11.3 Å². The van der Waals surface area contributed by atoms with Gasteiger partial charge in [-0.1, -0.05) is 23.7 Å². The number of hydrogen-bond acceptors (Lipinski definition) is 4. The van der Waals surface area contributed by atoms with Crippen molar-refractivity contribution < 1.29 is 13.6 Å². The number of anilines is 1. The van der Waals surface area contributed by atoms with Crippen LogP contribution in [0.25, 0.3) is 11.3 Å². The molecule has 1 fully saturated rings. The number of piperazine rings is 1. The van der Waals surface area contributed by atoms with E-state index in [1.807, 2.05) is 29.2 Å². The van der Waals surface area contributed by atoms with Gasteiger partial charge in [-0.05, 0) is 42.5 Å². The molecule has 1 aliphatic rings. The van der Waals surface area contributed by atoms with Crippen molar-refractivity contribution >= 4 is 23.3 Å². The monoisotopic (exact) mass is 414 g/mol. The highest BCUT2D eigenvalue weighted by Gasteiger charge is 2.23. The molecule has 0 bridgehead atoms. The Labute approximate surface area is 171 Å². The van der Waals surface area contributed by atoms with Crippen LogP contribution in [0.5, 0.6) is 0 Å². The summed E-state index contributed by atoms with van der Waals surface area (Å²) in [6, 6.07) is 14.4. The molecule has 0 spiro atoms. The molecule has 0 unspecified atom stereocenters. The second-order valence-corrected chi connectivity index (χ2v) is 7.13. The fourth-order valence-corrected chi connectivity index (χ4v) is 3.34. The summed E-state index contributed by atoms with van der Waals surface area (Å²) in [4.78, 5) is 16.2. The van der Waals surface area contributed by atoms with E-state index >= 15 is 0 Å². The highest BCUT2D eigenvalue weighted by molar-refractivity contribution is 6.30. The minimum atomic E-state index is -1.02. The molecule has 1 aliphatic heterocycles. The average Bonchev–Trinajstić information content (AvgIpc) is 2.76. The van der Waals surface area contributed by atoms with Gasteiger partial charge in [0, 0.05) is 42.3 Å². The van der Waals surface area contributed by atoms with Gasteiger partial charge in [0.1, 0.15) is 0 Å². The van der Waals surface area contributed by atoms with Crippen molar-refractivity contribution in [3.05, 3.63) is 76.8 Å². The Kier molecular flexibility index (Phi) is 5.40. The van der Waals surface area contributed by atoms with E-state index in [0.717, 1.165) is 29.2 Å². The number of aromatic nitrogens is 2. The minimum absolute atomic E-state index is 0.143. The zero-order valence-corrected chi connectivity index (χ0v) is 16.1. The van der Waals surface area contributed by atoms with Gasteiger partial charge < -0.3 is 9.80 Å². The van der Waals surface area contributed by atoms with Crippen LogP contribution in [0.3, 0.4) is 0 Å². The van der Waals surface area contributed by atoms with E-state index in [2.05, 4.69) is 10.2 Å². The van der Waals surface area contributed by atoms with Gasteiger partial charge in [-0.3, -0.25) is 4.79 Å². The normalized spacial score (nSPS) is 14.2. The summed E-state index contributed by atoms with van der Waals surface area (Å²) in [5, 5.41) is 9.24. The molecule has 1 aromatic heterocycles. The molecule has 2 heterocycles. The molecule has 0 N–H and O–H groups in total. The largest absolute Gasteiger partial charge is 0.352 e. The maximum atomic E-state index is 13.4. The average molecular weight is 415 g/mol. The molecule has 148 valence electrons. The van der Waals surface area contributed by atoms with Gasteiger partial charge in [0.25, 0.3) is 5.91 Å². The van der Waals surface area contributed by atoms with E-state index < -0.39 is 11.6 Å². The fraction of sp³-hybridized carbons (Fsp3) is 0.190. The smallest absolute Gasteiger partial charge is 0.254 e. The maximum absolute atomic E-state index is 13.4. The lowest BCUT2D eigenvalue weighted by molar-refractivity contribution is 0.0746. The fourth-order valence-electron chi connectivity index (χ4n) is 3.22. The summed E-state index contributed by atoms with van der Waals surface area (Å²) >= 11 is 5.91. The zero-order chi connectivity index (χ0) is 20.4. The van der Waals surface area contributed by atoms with Gasteiger partial charge in [-0.2, -0.15) is 0 Å². The highest BCUT2D eigenvalue weighted by Crippen LogP contribution is 2.21. The molecular weight excluding hydrogens is 398 g/mol. The predicted octanol–water partition coefficient (Wildman–Crippen LogP) is 4.04. The highest BCUT2D eigenvalue weighted by atomic mass is 35.5. The SMILES string of the molecule is O=C(c1ccc(F)c(F)c1)N1CCN(c2ccc(-c3ccc(Cl)cc3)nn2)CC1. The molecule has 0 atom stereocenters. The van der Waals surface area contributed by atoms with Crippen molar-refractivity contribution in [3.63, 3.8) is 0 Å². The van der Waals surface area contributed by atoms with Crippen molar-refractivity contribution in [2.24, 2.45) is 0 Å². The third-order valence-corrected chi connectivity index (χ3v) is 5.10. The number of rotatable bonds is 3. The van der Waals surface area contributed by atoms with E-state index in [0.29, 0.717) is 31.2 Å². The first kappa shape index (κ1) is 19.3. The van der Waals surface area contributed by atoms with Crippen LogP contribution in [0, 0.1) is 11.6 Å². The van der Waals surface area contributed by atoms with E-state index in [1.165, 1.54) is 6.07 Å². The van der Waals surface area contributed by atoms with Crippen molar-refractivity contribution in [1.29, 1.82) is 0 Å². The second-order valence-electron chi connectivity index (χ2n) is 6.69. The molecule has 0 radical (unpaired) electrons. The number of nitrogens with zero attached hydrogens (tertiary/aromatic N) is 4. The van der Waals surface area contributed by atoms with Crippen LogP contribution >= 0.6 is 11.6 Å². The van der Waals surface area contributed by atoms with Crippen LogP contribution in [0.15, 0.2) is 54.6 Å². The first-order valence-corrected chi connectivity index (χ1v) is 9.48. The molecule has 0 saturated carbocycles. The minimum Gasteiger partial charge on any atom is -0.352 e. The molecule has 2 aromatic carbocycles. The Balaban J connectivity index is 1.39. The van der Waals surface area contributed by atoms with Crippen molar-refractivity contribution in [1.82, 2.24) is 15.1 Å². The second kappa shape index (κ2) is 8.13. The Morgan fingerprint density at radius 3 is 2.21 bits per heavy atom. The van der Waals surface area contributed by atoms with Crippen LogP contribution < -0.4 is 4.90 Å². The van der Waals surface area contributed by atoms with Crippen molar-refractivity contribution in [2.45, 2.75) is 0 Å². The maximum Gasteiger partial charge on any atom is 0.254 e. The van der Waals surface area contributed by atoms with Gasteiger partial charge in [-0.15, -0.1) is 10.2 Å². The summed E-state index contributed by atoms with van der Waals surface area (Å²) in [6.07, 6.45) is 0. The first-order valence-electron chi connectivity index (χ1n) is 9.10. The summed E-state index contributed by atoms with van der Waals surface area (Å²) in [5.74, 6) is -1.58. The van der Waals surface area contributed by atoms with Crippen LogP contribution in [0.1, 0.15) is 10.4 Å². The number of carbonyl (C=O) groups excluding carboxylic acids is 1. The van der Waals surface area contributed by atoms with Gasteiger partial charge in [0.15, 0.2) is 17.5 Å². The lowest BCUT2D eigenvalue weighted by atomic mass is 10.1. The Morgan fingerprint density at radius 1 is 0.862 bits per heavy atom. The molecular formula is C21H17ClF2N4O. The van der Waals surface area contributed by atoms with Gasteiger partial charge in [0.05, 0.1) is 5.69 Å². The van der Waals surface area contributed by atoms with E-state index in [4.69, 9.17) is 11.6 Å². The van der Waals surface area contributed by atoms with Crippen LogP contribution in [0.4, 0.5) is 14.6 Å². The van der Waals surface area contributed by atoms with Crippen LogP contribution in [-0.4, -0.2) is 47.2 Å². The molecule has 1 saturated heterocycles. The van der Waals surface area contributed by atoms with Gasteiger partial charge in [-0.25, -0.2) is 8.78 Å². The third kappa shape index (κ3) is 4.19. The molecule has 5 nitrogen and oxygen atoms in total. The van der Waals surface area contributed by atoms with Crippen LogP contribution in [0.2, 0.25) is 5.02 Å². The molecule has 0 aliphatic carbocycles. The quantitative estimate of drug-likeness (QED) is 0.649. The number of carbonyl (C=O) groups is 1. The summed E-state index contributed by atoms with van der Waals surface area (Å²) in [5.41, 5.74) is 1.82. The molecule has 29 heavy (non-hydrogen) atoms. The van der Waals surface area contributed by atoms with Gasteiger partial charge >= 0.3 is 0 Å². The Bertz CT molecular complexity index is 1020. The first-order chi connectivity index (χ1) is 14.0.